The van der Waals surface area contributed by atoms with Crippen LogP contribution in [0.3, 0.4) is 0 Å². The highest BCUT2D eigenvalue weighted by Gasteiger charge is 2.48. The second-order valence-corrected chi connectivity index (χ2v) is 27.2. The van der Waals surface area contributed by atoms with Crippen LogP contribution < -0.4 is 31.1 Å². The van der Waals surface area contributed by atoms with E-state index in [4.69, 9.17) is 0 Å². The topological polar surface area (TPSA) is 9.72 Å². The molecule has 78 heavy (non-hydrogen) atoms. The molecule has 7 aromatic rings. The number of fused-ring (bicyclic) bond motifs is 5. The average molecular weight is 1030 g/mol. The van der Waals surface area contributed by atoms with Crippen LogP contribution in [0.15, 0.2) is 127 Å². The lowest BCUT2D eigenvalue weighted by Gasteiger charge is -2.48. The minimum Gasteiger partial charge on any atom is -0.311 e. The molecule has 0 N–H and O–H groups in total. The zero-order valence-corrected chi connectivity index (χ0v) is 51.1. The van der Waals surface area contributed by atoms with E-state index in [2.05, 4.69) is 274 Å². The Labute approximate surface area is 471 Å². The van der Waals surface area contributed by atoms with Gasteiger partial charge < -0.3 is 14.7 Å². The molecular formula is C74H88BN3. The van der Waals surface area contributed by atoms with E-state index >= 15 is 0 Å². The number of anilines is 9. The van der Waals surface area contributed by atoms with Crippen LogP contribution in [-0.2, 0) is 21.7 Å². The maximum absolute atomic E-state index is 2.71. The Kier molecular flexibility index (Phi) is 14.0. The number of nitrogens with zero attached hydrogens (tertiary/aromatic N) is 3. The number of hydrogen-bond donors (Lipinski definition) is 0. The molecule has 2 heterocycles. The van der Waals surface area contributed by atoms with E-state index in [1.807, 2.05) is 0 Å². The van der Waals surface area contributed by atoms with Gasteiger partial charge in [-0.25, -0.2) is 0 Å². The number of allylic oxidation sites excluding steroid dienone is 4. The van der Waals surface area contributed by atoms with Gasteiger partial charge in [-0.3, -0.25) is 0 Å². The molecule has 402 valence electrons. The maximum Gasteiger partial charge on any atom is 0.252 e. The van der Waals surface area contributed by atoms with Crippen LogP contribution in [0.2, 0.25) is 0 Å². The third kappa shape index (κ3) is 9.47. The van der Waals surface area contributed by atoms with Gasteiger partial charge in [0.2, 0.25) is 0 Å². The van der Waals surface area contributed by atoms with Gasteiger partial charge in [0.25, 0.3) is 6.71 Å². The molecular weight excluding hydrogens is 942 g/mol. The molecule has 0 spiro atoms. The van der Waals surface area contributed by atoms with Crippen molar-refractivity contribution in [1.82, 2.24) is 0 Å². The molecule has 0 saturated carbocycles. The van der Waals surface area contributed by atoms with Gasteiger partial charge in [-0.1, -0.05) is 180 Å². The maximum atomic E-state index is 2.71. The fraction of sp³-hybridized carbons (Fsp3) is 0.378. The Hall–Kier alpha value is -6.52. The number of para-hydroxylation sites is 1. The Balaban J connectivity index is 0.00000224. The Bertz CT molecular complexity index is 3500. The normalized spacial score (nSPS) is 15.9. The van der Waals surface area contributed by atoms with Crippen molar-refractivity contribution in [2.24, 2.45) is 0 Å². The van der Waals surface area contributed by atoms with Crippen LogP contribution in [0.25, 0.3) is 5.57 Å². The lowest BCUT2D eigenvalue weighted by Crippen LogP contribution is -2.62. The molecule has 0 radical (unpaired) electrons. The van der Waals surface area contributed by atoms with Crippen molar-refractivity contribution in [1.29, 1.82) is 0 Å². The average Bonchev–Trinajstić information content (AvgIpc) is 3.53. The molecule has 0 amide bonds. The van der Waals surface area contributed by atoms with Crippen molar-refractivity contribution < 1.29 is 0 Å². The first-order chi connectivity index (χ1) is 36.7. The molecule has 0 unspecified atom stereocenters. The van der Waals surface area contributed by atoms with E-state index in [1.165, 1.54) is 135 Å². The zero-order valence-electron chi connectivity index (χ0n) is 51.1. The molecule has 7 aromatic carbocycles. The minimum atomic E-state index is -0.142. The first-order valence-electron chi connectivity index (χ1n) is 29.4. The summed E-state index contributed by atoms with van der Waals surface area (Å²) in [6.07, 6.45) is 12.7. The zero-order chi connectivity index (χ0) is 56.1. The summed E-state index contributed by atoms with van der Waals surface area (Å²) in [5.41, 5.74) is 32.4. The number of aryl methyl sites for hydroxylation is 7. The predicted octanol–water partition coefficient (Wildman–Crippen LogP) is 19.5. The highest BCUT2D eigenvalue weighted by atomic mass is 15.2. The van der Waals surface area contributed by atoms with Crippen LogP contribution in [-0.4, -0.2) is 6.71 Å². The second-order valence-electron chi connectivity index (χ2n) is 27.2. The summed E-state index contributed by atoms with van der Waals surface area (Å²) in [6, 6.07) is 43.8. The van der Waals surface area contributed by atoms with Crippen LogP contribution in [0.4, 0.5) is 51.2 Å². The van der Waals surface area contributed by atoms with E-state index < -0.39 is 0 Å². The molecule has 4 heteroatoms. The van der Waals surface area contributed by atoms with Gasteiger partial charge in [-0.2, -0.15) is 0 Å². The van der Waals surface area contributed by atoms with E-state index in [9.17, 15) is 0 Å². The third-order valence-electron chi connectivity index (χ3n) is 17.7. The Morgan fingerprint density at radius 2 is 1.01 bits per heavy atom. The summed E-state index contributed by atoms with van der Waals surface area (Å²) < 4.78 is 0. The predicted molar refractivity (Wildman–Crippen MR) is 343 cm³/mol. The van der Waals surface area contributed by atoms with Crippen molar-refractivity contribution in [3.05, 3.63) is 194 Å². The van der Waals surface area contributed by atoms with E-state index in [0.29, 0.717) is 0 Å². The van der Waals surface area contributed by atoms with Gasteiger partial charge in [-0.05, 0) is 221 Å². The summed E-state index contributed by atoms with van der Waals surface area (Å²) >= 11 is 0. The van der Waals surface area contributed by atoms with E-state index in [-0.39, 0.29) is 28.4 Å². The standard InChI is InChI=1S/C71H80BN3.C3H8/c1-43-34-46(4)66(47(5)35-43)73(54-28-26-51(27-29-54)50-24-19-18-20-25-50)55-30-31-58-60(40-55)74(67-48(6)36-52(37-49(67)7)68(8,9)10)62-38-53(69(11,12)13)39-63-64(62)72(58)59-41-56-57(71(16,17)33-32-70(56,14)15)42-61(59)75(63)65-44(2)22-21-23-45(65)3;1-3-2/h19,21-31,34-42H,18,20,32-33H2,1-17H3;3H2,1-2H3. The van der Waals surface area contributed by atoms with Crippen LogP contribution in [0.5, 0.6) is 0 Å². The highest BCUT2D eigenvalue weighted by Crippen LogP contribution is 2.53. The lowest BCUT2D eigenvalue weighted by molar-refractivity contribution is 0.332. The summed E-state index contributed by atoms with van der Waals surface area (Å²) in [5, 5.41) is 0. The van der Waals surface area contributed by atoms with Crippen LogP contribution in [0, 0.1) is 48.5 Å². The van der Waals surface area contributed by atoms with Gasteiger partial charge in [0.15, 0.2) is 0 Å². The van der Waals surface area contributed by atoms with Gasteiger partial charge in [0, 0.05) is 34.1 Å². The van der Waals surface area contributed by atoms with E-state index in [0.717, 1.165) is 37.1 Å². The highest BCUT2D eigenvalue weighted by molar-refractivity contribution is 7.00. The van der Waals surface area contributed by atoms with Crippen molar-refractivity contribution >= 4 is 79.9 Å². The summed E-state index contributed by atoms with van der Waals surface area (Å²) in [7, 11) is 0. The smallest absolute Gasteiger partial charge is 0.252 e. The molecule has 2 aliphatic carbocycles. The van der Waals surface area contributed by atoms with E-state index in [1.54, 1.807) is 0 Å². The molecule has 0 fully saturated rings. The molecule has 11 rings (SSSR count). The largest absolute Gasteiger partial charge is 0.311 e. The van der Waals surface area contributed by atoms with Crippen LogP contribution in [0.1, 0.15) is 182 Å². The Morgan fingerprint density at radius 3 is 1.54 bits per heavy atom. The summed E-state index contributed by atoms with van der Waals surface area (Å²) in [6.45, 7) is 44.5. The quantitative estimate of drug-likeness (QED) is 0.154. The van der Waals surface area contributed by atoms with Crippen molar-refractivity contribution in [2.75, 3.05) is 14.7 Å². The fourth-order valence-electron chi connectivity index (χ4n) is 13.6. The van der Waals surface area contributed by atoms with Gasteiger partial charge in [0.1, 0.15) is 0 Å². The number of benzene rings is 7. The van der Waals surface area contributed by atoms with Gasteiger partial charge in [0.05, 0.1) is 17.1 Å². The Morgan fingerprint density at radius 1 is 0.513 bits per heavy atom. The van der Waals surface area contributed by atoms with Crippen molar-refractivity contribution in [3.63, 3.8) is 0 Å². The molecule has 0 atom stereocenters. The molecule has 0 bridgehead atoms. The number of rotatable bonds is 6. The number of hydrogen-bond acceptors (Lipinski definition) is 3. The second kappa shape index (κ2) is 20.0. The molecule has 0 saturated heterocycles. The monoisotopic (exact) mass is 1030 g/mol. The SMILES string of the molecule is CCC.Cc1cc(C)c(N(c2ccc(C3=CCCC=C3)cc2)c2ccc3c(c2)N(c2c(C)cc(C(C)(C)C)cc2C)c2cc(C(C)(C)C)cc4c2B3c2cc3c(cc2N4c2c(C)cccc2C)C(C)(C)CCC3(C)C)c(C)c1. The van der Waals surface area contributed by atoms with Gasteiger partial charge in [-0.15, -0.1) is 0 Å². The first-order valence-corrected chi connectivity index (χ1v) is 29.4. The first kappa shape index (κ1) is 54.8. The van der Waals surface area contributed by atoms with Crippen LogP contribution >= 0.6 is 0 Å². The molecule has 0 aromatic heterocycles. The lowest BCUT2D eigenvalue weighted by atomic mass is 9.33. The van der Waals surface area contributed by atoms with Crippen molar-refractivity contribution in [3.8, 4) is 0 Å². The molecule has 4 aliphatic rings. The molecule has 2 aliphatic heterocycles. The summed E-state index contributed by atoms with van der Waals surface area (Å²) in [5.74, 6) is 0. The van der Waals surface area contributed by atoms with Gasteiger partial charge >= 0.3 is 0 Å². The minimum absolute atomic E-state index is 0.00183. The summed E-state index contributed by atoms with van der Waals surface area (Å²) in [4.78, 5) is 7.96. The fourth-order valence-corrected chi connectivity index (χ4v) is 13.6. The third-order valence-corrected chi connectivity index (χ3v) is 17.7. The molecule has 3 nitrogen and oxygen atoms in total. The van der Waals surface area contributed by atoms with Crippen molar-refractivity contribution in [2.45, 2.75) is 185 Å².